The molecule has 2 rings (SSSR count). The van der Waals surface area contributed by atoms with Gasteiger partial charge in [0.2, 0.25) is 0 Å². The fraction of sp³-hybridized carbons (Fsp3) is 0.200. The SMILES string of the molecule is Cc1ccc(Cl)cc1NC(C)c1ccc(I)cc1. The summed E-state index contributed by atoms with van der Waals surface area (Å²) >= 11 is 8.34. The Hall–Kier alpha value is -0.740. The highest BCUT2D eigenvalue weighted by Gasteiger charge is 2.07. The van der Waals surface area contributed by atoms with E-state index in [0.717, 1.165) is 10.7 Å². The Morgan fingerprint density at radius 3 is 2.44 bits per heavy atom. The number of benzene rings is 2. The van der Waals surface area contributed by atoms with Crippen LogP contribution in [0.25, 0.3) is 0 Å². The molecule has 1 N–H and O–H groups in total. The van der Waals surface area contributed by atoms with Gasteiger partial charge < -0.3 is 5.32 Å². The Balaban J connectivity index is 2.18. The van der Waals surface area contributed by atoms with E-state index in [1.54, 1.807) is 0 Å². The van der Waals surface area contributed by atoms with Gasteiger partial charge in [0.05, 0.1) is 0 Å². The molecule has 2 aromatic carbocycles. The largest absolute Gasteiger partial charge is 0.378 e. The number of hydrogen-bond acceptors (Lipinski definition) is 1. The maximum atomic E-state index is 6.03. The molecule has 94 valence electrons. The highest BCUT2D eigenvalue weighted by molar-refractivity contribution is 14.1. The lowest BCUT2D eigenvalue weighted by Gasteiger charge is -2.17. The van der Waals surface area contributed by atoms with E-state index in [4.69, 9.17) is 11.6 Å². The van der Waals surface area contributed by atoms with E-state index in [-0.39, 0.29) is 6.04 Å². The minimum Gasteiger partial charge on any atom is -0.378 e. The number of halogens is 2. The zero-order valence-electron chi connectivity index (χ0n) is 10.4. The van der Waals surface area contributed by atoms with Crippen LogP contribution in [0, 0.1) is 10.5 Å². The molecule has 0 heterocycles. The van der Waals surface area contributed by atoms with Gasteiger partial charge in [0.15, 0.2) is 0 Å². The lowest BCUT2D eigenvalue weighted by molar-refractivity contribution is 0.882. The van der Waals surface area contributed by atoms with E-state index in [9.17, 15) is 0 Å². The lowest BCUT2D eigenvalue weighted by Crippen LogP contribution is -2.07. The molecular formula is C15H15ClIN. The molecule has 3 heteroatoms. The molecular weight excluding hydrogens is 357 g/mol. The van der Waals surface area contributed by atoms with Crippen LogP contribution in [0.1, 0.15) is 24.1 Å². The van der Waals surface area contributed by atoms with Gasteiger partial charge in [-0.1, -0.05) is 29.8 Å². The molecule has 0 saturated carbocycles. The second-order valence-corrected chi connectivity index (χ2v) is 6.06. The first-order valence-electron chi connectivity index (χ1n) is 5.84. The summed E-state index contributed by atoms with van der Waals surface area (Å²) in [6.45, 7) is 4.24. The Morgan fingerprint density at radius 1 is 1.11 bits per heavy atom. The fourth-order valence-corrected chi connectivity index (χ4v) is 2.35. The number of rotatable bonds is 3. The van der Waals surface area contributed by atoms with Crippen LogP contribution in [0.15, 0.2) is 42.5 Å². The number of nitrogens with one attached hydrogen (secondary N) is 1. The summed E-state index contributed by atoms with van der Waals surface area (Å²) in [7, 11) is 0. The summed E-state index contributed by atoms with van der Waals surface area (Å²) in [4.78, 5) is 0. The molecule has 0 bridgehead atoms. The normalized spacial score (nSPS) is 12.2. The third-order valence-electron chi connectivity index (χ3n) is 2.94. The first kappa shape index (κ1) is 13.7. The van der Waals surface area contributed by atoms with E-state index < -0.39 is 0 Å². The van der Waals surface area contributed by atoms with E-state index in [2.05, 4.69) is 66.0 Å². The molecule has 1 atom stereocenters. The van der Waals surface area contributed by atoms with Crippen molar-refractivity contribution in [2.75, 3.05) is 5.32 Å². The second kappa shape index (κ2) is 5.93. The molecule has 18 heavy (non-hydrogen) atoms. The van der Waals surface area contributed by atoms with Gasteiger partial charge in [0.1, 0.15) is 0 Å². The molecule has 0 aliphatic carbocycles. The first-order valence-corrected chi connectivity index (χ1v) is 7.30. The fourth-order valence-electron chi connectivity index (χ4n) is 1.82. The lowest BCUT2D eigenvalue weighted by atomic mass is 10.1. The Bertz CT molecular complexity index is 537. The monoisotopic (exact) mass is 371 g/mol. The Labute approximate surface area is 127 Å². The molecule has 0 radical (unpaired) electrons. The molecule has 0 fully saturated rings. The zero-order valence-corrected chi connectivity index (χ0v) is 13.3. The van der Waals surface area contributed by atoms with Crippen LogP contribution in [0.3, 0.4) is 0 Å². The minimum atomic E-state index is 0.263. The van der Waals surface area contributed by atoms with Crippen LogP contribution in [0.5, 0.6) is 0 Å². The average Bonchev–Trinajstić information content (AvgIpc) is 2.34. The minimum absolute atomic E-state index is 0.263. The first-order chi connectivity index (χ1) is 8.56. The molecule has 0 saturated heterocycles. The standard InChI is InChI=1S/C15H15ClIN/c1-10-3-6-13(16)9-15(10)18-11(2)12-4-7-14(17)8-5-12/h3-9,11,18H,1-2H3. The van der Waals surface area contributed by atoms with Gasteiger partial charge in [-0.25, -0.2) is 0 Å². The number of anilines is 1. The molecule has 0 aliphatic heterocycles. The van der Waals surface area contributed by atoms with Gasteiger partial charge in [-0.15, -0.1) is 0 Å². The predicted molar refractivity (Wildman–Crippen MR) is 87.4 cm³/mol. The van der Waals surface area contributed by atoms with Crippen LogP contribution >= 0.6 is 34.2 Å². The van der Waals surface area contributed by atoms with Gasteiger partial charge in [0.25, 0.3) is 0 Å². The zero-order chi connectivity index (χ0) is 13.1. The van der Waals surface area contributed by atoms with Crippen molar-refractivity contribution < 1.29 is 0 Å². The van der Waals surface area contributed by atoms with Gasteiger partial charge in [-0.3, -0.25) is 0 Å². The quantitative estimate of drug-likeness (QED) is 0.710. The van der Waals surface area contributed by atoms with Crippen LogP contribution in [0.4, 0.5) is 5.69 Å². The van der Waals surface area contributed by atoms with Gasteiger partial charge in [-0.2, -0.15) is 0 Å². The maximum absolute atomic E-state index is 6.03. The Kier molecular flexibility index (Phi) is 4.51. The predicted octanol–water partition coefficient (Wildman–Crippen LogP) is 5.43. The van der Waals surface area contributed by atoms with Crippen LogP contribution < -0.4 is 5.32 Å². The van der Waals surface area contributed by atoms with Crippen molar-refractivity contribution in [1.29, 1.82) is 0 Å². The van der Waals surface area contributed by atoms with Gasteiger partial charge >= 0.3 is 0 Å². The summed E-state index contributed by atoms with van der Waals surface area (Å²) in [5.74, 6) is 0. The van der Waals surface area contributed by atoms with E-state index in [1.165, 1.54) is 14.7 Å². The maximum Gasteiger partial charge on any atom is 0.0485 e. The van der Waals surface area contributed by atoms with Crippen molar-refractivity contribution in [3.05, 3.63) is 62.2 Å². The second-order valence-electron chi connectivity index (χ2n) is 4.38. The average molecular weight is 372 g/mol. The van der Waals surface area contributed by atoms with Crippen molar-refractivity contribution in [2.45, 2.75) is 19.9 Å². The van der Waals surface area contributed by atoms with Crippen molar-refractivity contribution in [1.82, 2.24) is 0 Å². The van der Waals surface area contributed by atoms with Gasteiger partial charge in [0, 0.05) is 20.3 Å². The summed E-state index contributed by atoms with van der Waals surface area (Å²) in [6, 6.07) is 14.7. The molecule has 0 amide bonds. The summed E-state index contributed by atoms with van der Waals surface area (Å²) in [5.41, 5.74) is 3.57. The third kappa shape index (κ3) is 3.39. The summed E-state index contributed by atoms with van der Waals surface area (Å²) in [6.07, 6.45) is 0. The highest BCUT2D eigenvalue weighted by Crippen LogP contribution is 2.25. The van der Waals surface area contributed by atoms with Crippen LogP contribution in [-0.2, 0) is 0 Å². The summed E-state index contributed by atoms with van der Waals surface area (Å²) in [5, 5.41) is 4.26. The summed E-state index contributed by atoms with van der Waals surface area (Å²) < 4.78 is 1.25. The van der Waals surface area contributed by atoms with E-state index in [1.807, 2.05) is 18.2 Å². The smallest absolute Gasteiger partial charge is 0.0485 e. The van der Waals surface area contributed by atoms with Crippen LogP contribution in [0.2, 0.25) is 5.02 Å². The molecule has 0 aromatic heterocycles. The van der Waals surface area contributed by atoms with E-state index in [0.29, 0.717) is 0 Å². The topological polar surface area (TPSA) is 12.0 Å². The van der Waals surface area contributed by atoms with Crippen molar-refractivity contribution in [3.63, 3.8) is 0 Å². The molecule has 0 aliphatic rings. The molecule has 2 aromatic rings. The molecule has 1 unspecified atom stereocenters. The van der Waals surface area contributed by atoms with Crippen LogP contribution in [-0.4, -0.2) is 0 Å². The molecule has 1 nitrogen and oxygen atoms in total. The highest BCUT2D eigenvalue weighted by atomic mass is 127. The Morgan fingerprint density at radius 2 is 1.78 bits per heavy atom. The van der Waals surface area contributed by atoms with Crippen molar-refractivity contribution in [2.24, 2.45) is 0 Å². The van der Waals surface area contributed by atoms with Crippen molar-refractivity contribution in [3.8, 4) is 0 Å². The number of hydrogen-bond donors (Lipinski definition) is 1. The van der Waals surface area contributed by atoms with Crippen molar-refractivity contribution >= 4 is 39.9 Å². The third-order valence-corrected chi connectivity index (χ3v) is 3.90. The number of aryl methyl sites for hydroxylation is 1. The molecule has 0 spiro atoms. The van der Waals surface area contributed by atoms with E-state index >= 15 is 0 Å². The van der Waals surface area contributed by atoms with Gasteiger partial charge in [-0.05, 0) is 71.8 Å².